The van der Waals surface area contributed by atoms with Gasteiger partial charge in [-0.05, 0) is 35.7 Å². The van der Waals surface area contributed by atoms with Crippen molar-refractivity contribution in [2.75, 3.05) is 14.2 Å². The maximum Gasteiger partial charge on any atom is 0.254 e. The van der Waals surface area contributed by atoms with Crippen molar-refractivity contribution in [3.8, 4) is 11.5 Å². The molecule has 0 unspecified atom stereocenters. The van der Waals surface area contributed by atoms with Gasteiger partial charge in [0.2, 0.25) is 0 Å². The summed E-state index contributed by atoms with van der Waals surface area (Å²) in [4.78, 5) is 12.7. The highest BCUT2D eigenvalue weighted by Gasteiger charge is 2.07. The molecular weight excluding hydrogens is 326 g/mol. The Balaban J connectivity index is 1.74. The number of benzene rings is 2. The first-order valence-corrected chi connectivity index (χ1v) is 8.64. The van der Waals surface area contributed by atoms with Gasteiger partial charge >= 0.3 is 0 Å². The summed E-state index contributed by atoms with van der Waals surface area (Å²) in [5, 5.41) is 0. The van der Waals surface area contributed by atoms with Crippen LogP contribution in [-0.4, -0.2) is 18.8 Å². The van der Waals surface area contributed by atoms with Gasteiger partial charge in [0.25, 0.3) is 5.56 Å². The lowest BCUT2D eigenvalue weighted by Gasteiger charge is -2.11. The Morgan fingerprint density at radius 2 is 1.62 bits per heavy atom. The van der Waals surface area contributed by atoms with Crippen molar-refractivity contribution < 1.29 is 9.47 Å². The molecule has 0 amide bonds. The molecule has 0 aliphatic heterocycles. The van der Waals surface area contributed by atoms with E-state index < -0.39 is 0 Å². The molecule has 1 heterocycles. The second-order valence-electron chi connectivity index (χ2n) is 6.13. The first-order chi connectivity index (χ1) is 12.7. The van der Waals surface area contributed by atoms with Gasteiger partial charge in [-0.2, -0.15) is 0 Å². The molecule has 0 N–H and O–H groups in total. The topological polar surface area (TPSA) is 40.5 Å². The third-order valence-electron chi connectivity index (χ3n) is 4.43. The monoisotopic (exact) mass is 349 g/mol. The summed E-state index contributed by atoms with van der Waals surface area (Å²) in [6.07, 6.45) is 3.24. The highest BCUT2D eigenvalue weighted by Crippen LogP contribution is 2.27. The van der Waals surface area contributed by atoms with Crippen LogP contribution in [0.3, 0.4) is 0 Å². The molecular formula is C22H23NO3. The zero-order valence-corrected chi connectivity index (χ0v) is 15.1. The summed E-state index contributed by atoms with van der Waals surface area (Å²) in [5.41, 5.74) is 3.12. The third-order valence-corrected chi connectivity index (χ3v) is 4.43. The molecule has 0 bridgehead atoms. The molecule has 4 nitrogen and oxygen atoms in total. The molecule has 0 atom stereocenters. The molecule has 3 rings (SSSR count). The van der Waals surface area contributed by atoms with E-state index in [1.807, 2.05) is 66.9 Å². The van der Waals surface area contributed by atoms with E-state index in [1.54, 1.807) is 18.8 Å². The Bertz CT molecular complexity index is 916. The number of aromatic nitrogens is 1. The SMILES string of the molecule is COc1ccc(CCn2cccc(Cc3ccccc3)c2=O)cc1OC. The first kappa shape index (κ1) is 17.8. The van der Waals surface area contributed by atoms with E-state index >= 15 is 0 Å². The molecule has 0 radical (unpaired) electrons. The lowest BCUT2D eigenvalue weighted by atomic mass is 10.1. The maximum atomic E-state index is 12.7. The van der Waals surface area contributed by atoms with Gasteiger partial charge in [0.05, 0.1) is 14.2 Å². The van der Waals surface area contributed by atoms with Gasteiger partial charge in [0.1, 0.15) is 0 Å². The number of rotatable bonds is 7. The van der Waals surface area contributed by atoms with Crippen molar-refractivity contribution in [2.45, 2.75) is 19.4 Å². The Hall–Kier alpha value is -3.01. The Kier molecular flexibility index (Phi) is 5.74. The van der Waals surface area contributed by atoms with Crippen LogP contribution in [0.5, 0.6) is 11.5 Å². The predicted octanol–water partition coefficient (Wildman–Crippen LogP) is 3.70. The molecule has 0 fully saturated rings. The number of aryl methyl sites for hydroxylation is 2. The van der Waals surface area contributed by atoms with Crippen LogP contribution in [0, 0.1) is 0 Å². The predicted molar refractivity (Wildman–Crippen MR) is 103 cm³/mol. The summed E-state index contributed by atoms with van der Waals surface area (Å²) in [7, 11) is 3.24. The van der Waals surface area contributed by atoms with E-state index in [9.17, 15) is 4.79 Å². The van der Waals surface area contributed by atoms with E-state index in [-0.39, 0.29) is 5.56 Å². The number of hydrogen-bond acceptors (Lipinski definition) is 3. The number of pyridine rings is 1. The van der Waals surface area contributed by atoms with Crippen molar-refractivity contribution >= 4 is 0 Å². The fourth-order valence-electron chi connectivity index (χ4n) is 3.00. The molecule has 0 saturated carbocycles. The van der Waals surface area contributed by atoms with E-state index in [1.165, 1.54) is 0 Å². The fraction of sp³-hybridized carbons (Fsp3) is 0.227. The highest BCUT2D eigenvalue weighted by atomic mass is 16.5. The average Bonchev–Trinajstić information content (AvgIpc) is 2.69. The molecule has 2 aromatic carbocycles. The van der Waals surface area contributed by atoms with Crippen molar-refractivity contribution in [3.05, 3.63) is 93.9 Å². The standard InChI is InChI=1S/C22H23NO3/c1-25-20-11-10-18(16-21(20)26-2)12-14-23-13-6-9-19(22(23)24)15-17-7-4-3-5-8-17/h3-11,13,16H,12,14-15H2,1-2H3. The zero-order valence-electron chi connectivity index (χ0n) is 15.1. The number of hydrogen-bond donors (Lipinski definition) is 0. The van der Waals surface area contributed by atoms with Gasteiger partial charge in [-0.3, -0.25) is 4.79 Å². The molecule has 1 aromatic heterocycles. The molecule has 26 heavy (non-hydrogen) atoms. The van der Waals surface area contributed by atoms with Crippen LogP contribution in [0.15, 0.2) is 71.7 Å². The molecule has 0 saturated heterocycles. The van der Waals surface area contributed by atoms with Crippen molar-refractivity contribution in [1.29, 1.82) is 0 Å². The third kappa shape index (κ3) is 4.14. The van der Waals surface area contributed by atoms with Gasteiger partial charge in [-0.15, -0.1) is 0 Å². The first-order valence-electron chi connectivity index (χ1n) is 8.64. The number of ether oxygens (including phenoxy) is 2. The minimum absolute atomic E-state index is 0.0665. The minimum atomic E-state index is 0.0665. The largest absolute Gasteiger partial charge is 0.493 e. The smallest absolute Gasteiger partial charge is 0.254 e. The van der Waals surface area contributed by atoms with Gasteiger partial charge in [0, 0.05) is 24.7 Å². The second-order valence-corrected chi connectivity index (χ2v) is 6.13. The molecule has 3 aromatic rings. The molecule has 0 aliphatic carbocycles. The van der Waals surface area contributed by atoms with Crippen molar-refractivity contribution in [2.24, 2.45) is 0 Å². The zero-order chi connectivity index (χ0) is 18.4. The summed E-state index contributed by atoms with van der Waals surface area (Å²) >= 11 is 0. The molecule has 134 valence electrons. The van der Waals surface area contributed by atoms with Gasteiger partial charge in [0.15, 0.2) is 11.5 Å². The highest BCUT2D eigenvalue weighted by molar-refractivity contribution is 5.42. The lowest BCUT2D eigenvalue weighted by molar-refractivity contribution is 0.354. The Morgan fingerprint density at radius 1 is 0.846 bits per heavy atom. The van der Waals surface area contributed by atoms with Crippen LogP contribution in [0.4, 0.5) is 0 Å². The maximum absolute atomic E-state index is 12.7. The Morgan fingerprint density at radius 3 is 2.35 bits per heavy atom. The normalized spacial score (nSPS) is 10.5. The summed E-state index contributed by atoms with van der Waals surface area (Å²) in [6, 6.07) is 19.7. The van der Waals surface area contributed by atoms with Crippen LogP contribution in [0.25, 0.3) is 0 Å². The van der Waals surface area contributed by atoms with Crippen LogP contribution in [0.1, 0.15) is 16.7 Å². The van der Waals surface area contributed by atoms with Crippen LogP contribution >= 0.6 is 0 Å². The van der Waals surface area contributed by atoms with Gasteiger partial charge in [-0.1, -0.05) is 42.5 Å². The Labute approximate surface area is 153 Å². The minimum Gasteiger partial charge on any atom is -0.493 e. The van der Waals surface area contributed by atoms with Gasteiger partial charge < -0.3 is 14.0 Å². The van der Waals surface area contributed by atoms with Crippen LogP contribution in [-0.2, 0) is 19.4 Å². The second kappa shape index (κ2) is 8.39. The van der Waals surface area contributed by atoms with Gasteiger partial charge in [-0.25, -0.2) is 0 Å². The quantitative estimate of drug-likeness (QED) is 0.653. The average molecular weight is 349 g/mol. The summed E-state index contributed by atoms with van der Waals surface area (Å²) in [5.74, 6) is 1.41. The van der Waals surface area contributed by atoms with E-state index in [0.717, 1.165) is 23.1 Å². The van der Waals surface area contributed by atoms with E-state index in [4.69, 9.17) is 9.47 Å². The van der Waals surface area contributed by atoms with Crippen molar-refractivity contribution in [3.63, 3.8) is 0 Å². The summed E-state index contributed by atoms with van der Waals surface area (Å²) < 4.78 is 12.4. The number of methoxy groups -OCH3 is 2. The van der Waals surface area contributed by atoms with Crippen LogP contribution < -0.4 is 15.0 Å². The molecule has 0 spiro atoms. The van der Waals surface area contributed by atoms with E-state index in [2.05, 4.69) is 0 Å². The van der Waals surface area contributed by atoms with E-state index in [0.29, 0.717) is 24.5 Å². The number of nitrogens with zero attached hydrogens (tertiary/aromatic N) is 1. The van der Waals surface area contributed by atoms with Crippen LogP contribution in [0.2, 0.25) is 0 Å². The van der Waals surface area contributed by atoms with Crippen molar-refractivity contribution in [1.82, 2.24) is 4.57 Å². The molecule has 0 aliphatic rings. The fourth-order valence-corrected chi connectivity index (χ4v) is 3.00. The lowest BCUT2D eigenvalue weighted by Crippen LogP contribution is -2.24. The molecule has 4 heteroatoms. The summed E-state index contributed by atoms with van der Waals surface area (Å²) in [6.45, 7) is 0.622.